The molecule has 0 spiro atoms. The first-order valence-corrected chi connectivity index (χ1v) is 19.3. The fourth-order valence-corrected chi connectivity index (χ4v) is 7.82. The van der Waals surface area contributed by atoms with Crippen LogP contribution in [0.2, 0.25) is 0 Å². The van der Waals surface area contributed by atoms with Crippen LogP contribution in [0.25, 0.3) is 0 Å². The fourth-order valence-electron chi connectivity index (χ4n) is 7.82. The maximum Gasteiger partial charge on any atom is 0.321 e. The highest BCUT2D eigenvalue weighted by Crippen LogP contribution is 2.32. The van der Waals surface area contributed by atoms with Gasteiger partial charge in [-0.2, -0.15) is 0 Å². The van der Waals surface area contributed by atoms with E-state index in [1.54, 1.807) is 0 Å². The molecule has 0 bridgehead atoms. The van der Waals surface area contributed by atoms with E-state index in [9.17, 15) is 9.59 Å². The van der Waals surface area contributed by atoms with Gasteiger partial charge in [0.15, 0.2) is 0 Å². The molecular weight excluding hydrogens is 621 g/mol. The molecule has 3 aliphatic rings. The number of hydrogen-bond acceptors (Lipinski definition) is 4. The van der Waals surface area contributed by atoms with Crippen molar-refractivity contribution in [1.82, 2.24) is 9.80 Å². The molecule has 1 fully saturated rings. The lowest BCUT2D eigenvalue weighted by atomic mass is 9.80. The van der Waals surface area contributed by atoms with Crippen LogP contribution >= 0.6 is 0 Å². The molecule has 272 valence electrons. The third-order valence-corrected chi connectivity index (χ3v) is 10.9. The number of urea groups is 2. The predicted molar refractivity (Wildman–Crippen MR) is 211 cm³/mol. The molecule has 1 saturated carbocycles. The van der Waals surface area contributed by atoms with Crippen molar-refractivity contribution < 1.29 is 9.59 Å². The largest absolute Gasteiger partial charge is 0.378 e. The summed E-state index contributed by atoms with van der Waals surface area (Å²) in [6.07, 6.45) is 20.8. The highest BCUT2D eigenvalue weighted by molar-refractivity contribution is 5.90. The van der Waals surface area contributed by atoms with Crippen LogP contribution in [0.1, 0.15) is 89.9 Å². The number of nitrogens with one attached hydrogen (secondary N) is 2. The molecule has 50 heavy (non-hydrogen) atoms. The van der Waals surface area contributed by atoms with Crippen LogP contribution in [0, 0.1) is 11.8 Å². The summed E-state index contributed by atoms with van der Waals surface area (Å²) in [5, 5.41) is 6.41. The second-order valence-corrected chi connectivity index (χ2v) is 15.2. The van der Waals surface area contributed by atoms with Gasteiger partial charge in [0.2, 0.25) is 0 Å². The van der Waals surface area contributed by atoms with E-state index in [0.29, 0.717) is 11.8 Å². The molecule has 0 radical (unpaired) electrons. The lowest BCUT2D eigenvalue weighted by Gasteiger charge is -2.36. The molecule has 0 aromatic heterocycles. The minimum atomic E-state index is -0.0109. The van der Waals surface area contributed by atoms with Gasteiger partial charge in [-0.05, 0) is 144 Å². The first-order valence-electron chi connectivity index (χ1n) is 19.3. The number of rotatable bonds is 14. The van der Waals surface area contributed by atoms with E-state index >= 15 is 0 Å². The molecule has 5 rings (SSSR count). The van der Waals surface area contributed by atoms with Gasteiger partial charge >= 0.3 is 12.1 Å². The van der Waals surface area contributed by atoms with Crippen molar-refractivity contribution in [2.24, 2.45) is 11.8 Å². The third-order valence-electron chi connectivity index (χ3n) is 10.9. The number of carbonyl (C=O) groups excluding carboxylic acids is 2. The highest BCUT2D eigenvalue weighted by atomic mass is 16.2. The summed E-state index contributed by atoms with van der Waals surface area (Å²) in [5.41, 5.74) is 6.87. The second kappa shape index (κ2) is 18.9. The Labute approximate surface area is 302 Å². The molecule has 8 heteroatoms. The Bertz CT molecular complexity index is 1320. The third kappa shape index (κ3) is 11.6. The van der Waals surface area contributed by atoms with Gasteiger partial charge in [0.25, 0.3) is 0 Å². The van der Waals surface area contributed by atoms with Gasteiger partial charge in [0, 0.05) is 77.1 Å². The summed E-state index contributed by atoms with van der Waals surface area (Å²) >= 11 is 0. The molecule has 4 amide bonds. The standard InChI is InChI=1S/C42H62N6O2/c1-45(2)39-22-18-37(19-23-39)43-41(49)47(28-26-33-12-7-5-8-13-33)31-35-16-11-17-36(30-35)32-48(29-27-34-14-9-6-10-15-34)42(50)44-38-20-24-40(25-21-38)46(3)4/h12,14,18-25,35-36H,5-11,13,15-17,26-32H2,1-4H3,(H,43,49)(H,44,50)/t35-,36-/m0/s1. The number of allylic oxidation sites excluding steroid dienone is 2. The Morgan fingerprint density at radius 1 is 0.600 bits per heavy atom. The Kier molecular flexibility index (Phi) is 14.1. The van der Waals surface area contributed by atoms with Crippen molar-refractivity contribution in [2.75, 3.05) is 74.8 Å². The Hall–Kier alpha value is -3.94. The Morgan fingerprint density at radius 2 is 1.02 bits per heavy atom. The number of anilines is 4. The van der Waals surface area contributed by atoms with E-state index in [0.717, 1.165) is 113 Å². The number of hydrogen-bond donors (Lipinski definition) is 2. The summed E-state index contributed by atoms with van der Waals surface area (Å²) in [6.45, 7) is 2.99. The molecule has 2 N–H and O–H groups in total. The number of benzene rings is 2. The zero-order valence-electron chi connectivity index (χ0n) is 31.3. The van der Waals surface area contributed by atoms with E-state index in [2.05, 4.69) is 42.4 Å². The van der Waals surface area contributed by atoms with E-state index in [1.807, 2.05) is 76.7 Å². The minimum absolute atomic E-state index is 0.0109. The fraction of sp³-hybridized carbons (Fsp3) is 0.571. The summed E-state index contributed by atoms with van der Waals surface area (Å²) in [4.78, 5) is 35.9. The number of amides is 4. The monoisotopic (exact) mass is 682 g/mol. The topological polar surface area (TPSA) is 71.2 Å². The molecule has 0 aliphatic heterocycles. The van der Waals surface area contributed by atoms with Crippen LogP contribution in [0.15, 0.2) is 71.8 Å². The van der Waals surface area contributed by atoms with Crippen LogP contribution in [0.3, 0.4) is 0 Å². The highest BCUT2D eigenvalue weighted by Gasteiger charge is 2.29. The van der Waals surface area contributed by atoms with Crippen LogP contribution in [-0.2, 0) is 0 Å². The van der Waals surface area contributed by atoms with Crippen molar-refractivity contribution in [2.45, 2.75) is 89.9 Å². The normalized spacial score (nSPS) is 19.1. The van der Waals surface area contributed by atoms with Crippen molar-refractivity contribution in [3.8, 4) is 0 Å². The van der Waals surface area contributed by atoms with Crippen molar-refractivity contribution in [1.29, 1.82) is 0 Å². The molecule has 2 aromatic carbocycles. The summed E-state index contributed by atoms with van der Waals surface area (Å²) in [7, 11) is 8.10. The van der Waals surface area contributed by atoms with Crippen molar-refractivity contribution in [3.63, 3.8) is 0 Å². The maximum absolute atomic E-state index is 13.8. The molecule has 0 heterocycles. The molecular formula is C42H62N6O2. The number of carbonyl (C=O) groups is 2. The van der Waals surface area contributed by atoms with Crippen LogP contribution < -0.4 is 20.4 Å². The first kappa shape index (κ1) is 37.3. The van der Waals surface area contributed by atoms with E-state index < -0.39 is 0 Å². The van der Waals surface area contributed by atoms with Crippen molar-refractivity contribution >= 4 is 34.8 Å². The molecule has 2 aromatic rings. The van der Waals surface area contributed by atoms with Gasteiger partial charge in [0.05, 0.1) is 0 Å². The number of nitrogens with zero attached hydrogens (tertiary/aromatic N) is 4. The van der Waals surface area contributed by atoms with E-state index in [4.69, 9.17) is 0 Å². The van der Waals surface area contributed by atoms with Gasteiger partial charge < -0.3 is 30.2 Å². The van der Waals surface area contributed by atoms with Gasteiger partial charge in [-0.3, -0.25) is 0 Å². The van der Waals surface area contributed by atoms with Crippen LogP contribution in [0.4, 0.5) is 32.3 Å². The lowest BCUT2D eigenvalue weighted by Crippen LogP contribution is -2.43. The SMILES string of the molecule is CN(C)c1ccc(NC(=O)N(CCC2=CCCCC2)C[C@H]2CCC[C@H](CN(CCC3=CCCCC3)C(=O)Nc3ccc(N(C)C)cc3)C2)cc1. The quantitative estimate of drug-likeness (QED) is 0.195. The van der Waals surface area contributed by atoms with Crippen LogP contribution in [-0.4, -0.2) is 76.2 Å². The molecule has 0 saturated heterocycles. The van der Waals surface area contributed by atoms with Gasteiger partial charge in [-0.1, -0.05) is 29.7 Å². The van der Waals surface area contributed by atoms with Gasteiger partial charge in [-0.15, -0.1) is 0 Å². The van der Waals surface area contributed by atoms with E-state index in [-0.39, 0.29) is 12.1 Å². The maximum atomic E-state index is 13.8. The van der Waals surface area contributed by atoms with E-state index in [1.165, 1.54) is 36.8 Å². The van der Waals surface area contributed by atoms with Crippen LogP contribution in [0.5, 0.6) is 0 Å². The summed E-state index contributed by atoms with van der Waals surface area (Å²) < 4.78 is 0. The molecule has 3 aliphatic carbocycles. The second-order valence-electron chi connectivity index (χ2n) is 15.2. The lowest BCUT2D eigenvalue weighted by molar-refractivity contribution is 0.155. The molecule has 2 atom stereocenters. The molecule has 0 unspecified atom stereocenters. The van der Waals surface area contributed by atoms with Gasteiger partial charge in [-0.25, -0.2) is 9.59 Å². The van der Waals surface area contributed by atoms with Crippen molar-refractivity contribution in [3.05, 3.63) is 71.8 Å². The predicted octanol–water partition coefficient (Wildman–Crippen LogP) is 9.77. The smallest absolute Gasteiger partial charge is 0.321 e. The average Bonchev–Trinajstić information content (AvgIpc) is 3.13. The summed E-state index contributed by atoms with van der Waals surface area (Å²) in [6, 6.07) is 16.1. The Morgan fingerprint density at radius 3 is 1.38 bits per heavy atom. The average molecular weight is 683 g/mol. The minimum Gasteiger partial charge on any atom is -0.378 e. The zero-order chi connectivity index (χ0) is 35.3. The molecule has 8 nitrogen and oxygen atoms in total. The zero-order valence-corrected chi connectivity index (χ0v) is 31.3. The summed E-state index contributed by atoms with van der Waals surface area (Å²) in [5.74, 6) is 0.834. The van der Waals surface area contributed by atoms with Gasteiger partial charge in [0.1, 0.15) is 0 Å². The first-order chi connectivity index (χ1) is 24.2. The Balaban J connectivity index is 1.24.